The molecule has 0 bridgehead atoms. The van der Waals surface area contributed by atoms with Crippen molar-refractivity contribution < 1.29 is 0 Å². The number of hydrogen-bond donors (Lipinski definition) is 0. The fourth-order valence-electron chi connectivity index (χ4n) is 7.67. The van der Waals surface area contributed by atoms with E-state index in [0.29, 0.717) is 0 Å². The Labute approximate surface area is 308 Å². The molecular formula is C49H32N4. The number of rotatable bonds is 7. The van der Waals surface area contributed by atoms with Gasteiger partial charge in [0, 0.05) is 29.5 Å². The molecule has 0 N–H and O–H groups in total. The van der Waals surface area contributed by atoms with Gasteiger partial charge in [-0.3, -0.25) is 9.97 Å². The first-order chi connectivity index (χ1) is 26.3. The van der Waals surface area contributed by atoms with Crippen molar-refractivity contribution in [3.8, 4) is 67.3 Å². The van der Waals surface area contributed by atoms with Crippen LogP contribution >= 0.6 is 0 Å². The molecule has 0 amide bonds. The van der Waals surface area contributed by atoms with Crippen molar-refractivity contribution in [1.82, 2.24) is 15.0 Å². The second-order valence-electron chi connectivity index (χ2n) is 13.3. The van der Waals surface area contributed by atoms with E-state index in [1.807, 2.05) is 36.4 Å². The Kier molecular flexibility index (Phi) is 7.43. The van der Waals surface area contributed by atoms with Gasteiger partial charge in [0.1, 0.15) is 0 Å². The summed E-state index contributed by atoms with van der Waals surface area (Å²) < 4.78 is 0. The van der Waals surface area contributed by atoms with Gasteiger partial charge in [0.15, 0.2) is 0 Å². The molecule has 248 valence electrons. The highest BCUT2D eigenvalue weighted by atomic mass is 15.1. The van der Waals surface area contributed by atoms with Crippen molar-refractivity contribution >= 4 is 27.8 Å². The Morgan fingerprint density at radius 2 is 0.830 bits per heavy atom. The number of fused-ring (bicyclic) bond motifs is 3. The second-order valence-corrected chi connectivity index (χ2v) is 13.3. The van der Waals surface area contributed by atoms with Gasteiger partial charge in [0.25, 0.3) is 0 Å². The van der Waals surface area contributed by atoms with Crippen LogP contribution in [0.25, 0.3) is 78.1 Å². The highest BCUT2D eigenvalue weighted by Gasteiger charge is 2.22. The molecule has 0 saturated heterocycles. The Morgan fingerprint density at radius 3 is 1.43 bits per heavy atom. The van der Waals surface area contributed by atoms with Gasteiger partial charge < -0.3 is 4.90 Å². The van der Waals surface area contributed by atoms with E-state index in [1.54, 1.807) is 12.4 Å². The molecule has 6 aromatic carbocycles. The van der Waals surface area contributed by atoms with Gasteiger partial charge in [0.05, 0.1) is 22.8 Å². The molecule has 1 aliphatic rings. The van der Waals surface area contributed by atoms with Crippen LogP contribution in [0, 0.1) is 0 Å². The number of benzene rings is 6. The van der Waals surface area contributed by atoms with Gasteiger partial charge in [0.2, 0.25) is 0 Å². The van der Waals surface area contributed by atoms with Crippen LogP contribution < -0.4 is 4.90 Å². The van der Waals surface area contributed by atoms with Crippen LogP contribution in [0.5, 0.6) is 0 Å². The summed E-state index contributed by atoms with van der Waals surface area (Å²) in [6.07, 6.45) is 3.60. The van der Waals surface area contributed by atoms with Gasteiger partial charge in [-0.05, 0) is 128 Å². The molecular weight excluding hydrogens is 645 g/mol. The van der Waals surface area contributed by atoms with Gasteiger partial charge in [-0.1, -0.05) is 109 Å². The van der Waals surface area contributed by atoms with E-state index in [0.717, 1.165) is 51.0 Å². The average molecular weight is 677 g/mol. The number of para-hydroxylation sites is 1. The van der Waals surface area contributed by atoms with Crippen LogP contribution in [0.4, 0.5) is 17.1 Å². The molecule has 4 nitrogen and oxygen atoms in total. The molecule has 4 heteroatoms. The van der Waals surface area contributed by atoms with E-state index in [-0.39, 0.29) is 0 Å². The molecule has 3 aromatic heterocycles. The highest BCUT2D eigenvalue weighted by Crippen LogP contribution is 2.49. The summed E-state index contributed by atoms with van der Waals surface area (Å²) in [6.45, 7) is 0. The SMILES string of the molecule is c1ccc(N(c2ccc(-c3cc(-c4ccccn4)nc(-c4ccccn4)c3)cc2)c2ccc(-c3ccc4c5c(cccc35)-c3ccccc3-4)cc2)cc1. The van der Waals surface area contributed by atoms with Crippen molar-refractivity contribution in [2.24, 2.45) is 0 Å². The average Bonchev–Trinajstić information content (AvgIpc) is 3.57. The van der Waals surface area contributed by atoms with Crippen LogP contribution in [0.15, 0.2) is 194 Å². The summed E-state index contributed by atoms with van der Waals surface area (Å²) in [5.41, 5.74) is 16.4. The van der Waals surface area contributed by atoms with Gasteiger partial charge in [-0.15, -0.1) is 0 Å². The van der Waals surface area contributed by atoms with Crippen molar-refractivity contribution in [2.75, 3.05) is 4.90 Å². The summed E-state index contributed by atoms with van der Waals surface area (Å²) in [5.74, 6) is 0. The van der Waals surface area contributed by atoms with E-state index in [4.69, 9.17) is 4.98 Å². The Hall–Kier alpha value is -7.17. The fourth-order valence-corrected chi connectivity index (χ4v) is 7.67. The minimum Gasteiger partial charge on any atom is -0.311 e. The molecule has 0 aliphatic heterocycles. The summed E-state index contributed by atoms with van der Waals surface area (Å²) in [6, 6.07) is 64.3. The topological polar surface area (TPSA) is 41.9 Å². The maximum atomic E-state index is 4.96. The van der Waals surface area contributed by atoms with Gasteiger partial charge in [-0.2, -0.15) is 0 Å². The number of pyridine rings is 3. The number of nitrogens with zero attached hydrogens (tertiary/aromatic N) is 4. The number of aromatic nitrogens is 3. The lowest BCUT2D eigenvalue weighted by molar-refractivity contribution is 1.22. The van der Waals surface area contributed by atoms with Crippen LogP contribution in [-0.2, 0) is 0 Å². The Morgan fingerprint density at radius 1 is 0.321 bits per heavy atom. The molecule has 10 rings (SSSR count). The maximum Gasteiger partial charge on any atom is 0.0900 e. The summed E-state index contributed by atoms with van der Waals surface area (Å²) in [4.78, 5) is 16.5. The lowest BCUT2D eigenvalue weighted by atomic mass is 9.94. The molecule has 0 fully saturated rings. The number of hydrogen-bond acceptors (Lipinski definition) is 4. The van der Waals surface area contributed by atoms with Gasteiger partial charge in [-0.25, -0.2) is 4.98 Å². The van der Waals surface area contributed by atoms with Crippen molar-refractivity contribution in [2.45, 2.75) is 0 Å². The molecule has 0 radical (unpaired) electrons. The normalized spacial score (nSPS) is 11.4. The predicted octanol–water partition coefficient (Wildman–Crippen LogP) is 12.8. The lowest BCUT2D eigenvalue weighted by Crippen LogP contribution is -2.09. The fraction of sp³-hybridized carbons (Fsp3) is 0. The molecule has 3 heterocycles. The van der Waals surface area contributed by atoms with Crippen molar-refractivity contribution in [3.05, 3.63) is 194 Å². The molecule has 9 aromatic rings. The van der Waals surface area contributed by atoms with E-state index in [9.17, 15) is 0 Å². The summed E-state index contributed by atoms with van der Waals surface area (Å²) in [7, 11) is 0. The van der Waals surface area contributed by atoms with E-state index in [1.165, 1.54) is 44.2 Å². The molecule has 0 unspecified atom stereocenters. The van der Waals surface area contributed by atoms with E-state index in [2.05, 4.69) is 160 Å². The van der Waals surface area contributed by atoms with Crippen LogP contribution in [0.1, 0.15) is 0 Å². The first-order valence-corrected chi connectivity index (χ1v) is 17.8. The smallest absolute Gasteiger partial charge is 0.0900 e. The predicted molar refractivity (Wildman–Crippen MR) is 218 cm³/mol. The zero-order chi connectivity index (χ0) is 35.1. The molecule has 1 aliphatic carbocycles. The third-order valence-corrected chi connectivity index (χ3v) is 10.1. The molecule has 0 saturated carbocycles. The maximum absolute atomic E-state index is 4.96. The first-order valence-electron chi connectivity index (χ1n) is 17.8. The quantitative estimate of drug-likeness (QED) is 0.168. The summed E-state index contributed by atoms with van der Waals surface area (Å²) in [5, 5.41) is 2.63. The monoisotopic (exact) mass is 676 g/mol. The number of anilines is 3. The standard InChI is InChI=1S/C49H32N4/c1-2-11-36(12-3-1)53(38-25-21-34(22-26-38)39-27-28-44-41-14-5-4-13-40(41)43-16-10-15-42(39)49(43)44)37-23-19-33(20-24-37)35-31-47(45-17-6-8-29-50-45)52-48(32-35)46-18-7-9-30-51-46/h1-32H. The minimum atomic E-state index is 0.809. The first kappa shape index (κ1) is 30.6. The molecule has 53 heavy (non-hydrogen) atoms. The largest absolute Gasteiger partial charge is 0.311 e. The Bertz CT molecular complexity index is 2660. The van der Waals surface area contributed by atoms with Gasteiger partial charge >= 0.3 is 0 Å². The zero-order valence-corrected chi connectivity index (χ0v) is 28.8. The Balaban J connectivity index is 1.02. The lowest BCUT2D eigenvalue weighted by Gasteiger charge is -2.26. The van der Waals surface area contributed by atoms with E-state index < -0.39 is 0 Å². The second kappa shape index (κ2) is 12.9. The molecule has 0 atom stereocenters. The third-order valence-electron chi connectivity index (χ3n) is 10.1. The molecule has 0 spiro atoms. The third kappa shape index (κ3) is 5.45. The highest BCUT2D eigenvalue weighted by molar-refractivity contribution is 6.18. The summed E-state index contributed by atoms with van der Waals surface area (Å²) >= 11 is 0. The van der Waals surface area contributed by atoms with Crippen LogP contribution in [-0.4, -0.2) is 15.0 Å². The minimum absolute atomic E-state index is 0.809. The van der Waals surface area contributed by atoms with Crippen molar-refractivity contribution in [1.29, 1.82) is 0 Å². The van der Waals surface area contributed by atoms with E-state index >= 15 is 0 Å². The zero-order valence-electron chi connectivity index (χ0n) is 28.8. The van der Waals surface area contributed by atoms with Crippen molar-refractivity contribution in [3.63, 3.8) is 0 Å². The van der Waals surface area contributed by atoms with Crippen LogP contribution in [0.3, 0.4) is 0 Å². The van der Waals surface area contributed by atoms with Crippen LogP contribution in [0.2, 0.25) is 0 Å².